The summed E-state index contributed by atoms with van der Waals surface area (Å²) in [7, 11) is 2.99. The van der Waals surface area contributed by atoms with Gasteiger partial charge in [-0.3, -0.25) is 28.6 Å². The van der Waals surface area contributed by atoms with Gasteiger partial charge < -0.3 is 10.1 Å². The molecule has 0 spiro atoms. The zero-order valence-corrected chi connectivity index (χ0v) is 16.7. The Hall–Kier alpha value is -3.47. The molecule has 1 aromatic carbocycles. The van der Waals surface area contributed by atoms with E-state index in [0.29, 0.717) is 12.5 Å². The zero-order valence-electron chi connectivity index (χ0n) is 16.7. The lowest BCUT2D eigenvalue weighted by atomic mass is 10.2. The first kappa shape index (κ1) is 19.8. The van der Waals surface area contributed by atoms with Crippen molar-refractivity contribution in [1.29, 1.82) is 0 Å². The van der Waals surface area contributed by atoms with Gasteiger partial charge in [-0.05, 0) is 18.4 Å². The average Bonchev–Trinajstić information content (AvgIpc) is 3.38. The van der Waals surface area contributed by atoms with Crippen molar-refractivity contribution < 1.29 is 9.66 Å². The fourth-order valence-corrected chi connectivity index (χ4v) is 3.65. The molecular formula is C19H22N6O5. The van der Waals surface area contributed by atoms with Crippen LogP contribution in [0.2, 0.25) is 0 Å². The van der Waals surface area contributed by atoms with E-state index in [4.69, 9.17) is 4.74 Å². The highest BCUT2D eigenvalue weighted by Gasteiger charge is 2.21. The van der Waals surface area contributed by atoms with Crippen LogP contribution < -0.4 is 16.6 Å². The first-order chi connectivity index (χ1) is 14.4. The number of hydrogen-bond donors (Lipinski definition) is 1. The van der Waals surface area contributed by atoms with Crippen LogP contribution in [0.25, 0.3) is 11.2 Å². The highest BCUT2D eigenvalue weighted by atomic mass is 16.6. The van der Waals surface area contributed by atoms with E-state index in [2.05, 4.69) is 10.3 Å². The number of non-ortho nitro benzene ring substituents is 1. The van der Waals surface area contributed by atoms with Gasteiger partial charge in [0.2, 0.25) is 5.95 Å². The van der Waals surface area contributed by atoms with E-state index in [9.17, 15) is 19.7 Å². The third kappa shape index (κ3) is 3.47. The van der Waals surface area contributed by atoms with E-state index >= 15 is 0 Å². The lowest BCUT2D eigenvalue weighted by Crippen LogP contribution is -2.37. The first-order valence-corrected chi connectivity index (χ1v) is 9.62. The number of anilines is 1. The minimum Gasteiger partial charge on any atom is -0.376 e. The number of ether oxygens (including phenoxy) is 1. The molecule has 0 aliphatic carbocycles. The number of rotatable bonds is 6. The van der Waals surface area contributed by atoms with Crippen molar-refractivity contribution in [3.63, 3.8) is 0 Å². The van der Waals surface area contributed by atoms with Crippen molar-refractivity contribution in [3.8, 4) is 0 Å². The standard InChI is InChI=1S/C19H22N6O5/c1-22-16-15(17(26)23(2)19(22)27)24(11-12-5-7-13(8-6-12)25(28)29)18(21-16)20-10-14-4-3-9-30-14/h5-8,14H,3-4,9-11H2,1-2H3,(H,20,21)/t14-/m1/s1. The number of nitrogens with one attached hydrogen (secondary N) is 1. The number of aromatic nitrogens is 4. The molecule has 3 heterocycles. The summed E-state index contributed by atoms with van der Waals surface area (Å²) in [5.41, 5.74) is 0.402. The van der Waals surface area contributed by atoms with Crippen LogP contribution in [0.3, 0.4) is 0 Å². The highest BCUT2D eigenvalue weighted by molar-refractivity contribution is 5.74. The fourth-order valence-electron chi connectivity index (χ4n) is 3.65. The van der Waals surface area contributed by atoms with Crippen LogP contribution >= 0.6 is 0 Å². The second-order valence-electron chi connectivity index (χ2n) is 7.34. The minimum atomic E-state index is -0.462. The van der Waals surface area contributed by atoms with Crippen LogP contribution in [0.1, 0.15) is 18.4 Å². The second kappa shape index (κ2) is 7.75. The first-order valence-electron chi connectivity index (χ1n) is 9.62. The van der Waals surface area contributed by atoms with Gasteiger partial charge in [0.1, 0.15) is 0 Å². The molecule has 1 N–H and O–H groups in total. The predicted octanol–water partition coefficient (Wildman–Crippen LogP) is 0.981. The molecule has 1 aliphatic rings. The van der Waals surface area contributed by atoms with E-state index in [1.807, 2.05) is 0 Å². The summed E-state index contributed by atoms with van der Waals surface area (Å²) in [4.78, 5) is 40.2. The molecule has 30 heavy (non-hydrogen) atoms. The topological polar surface area (TPSA) is 126 Å². The van der Waals surface area contributed by atoms with Gasteiger partial charge in [-0.25, -0.2) is 4.79 Å². The van der Waals surface area contributed by atoms with Gasteiger partial charge >= 0.3 is 5.69 Å². The van der Waals surface area contributed by atoms with Crippen molar-refractivity contribution >= 4 is 22.8 Å². The molecular weight excluding hydrogens is 392 g/mol. The van der Waals surface area contributed by atoms with E-state index < -0.39 is 16.2 Å². The van der Waals surface area contributed by atoms with Crippen LogP contribution in [-0.2, 0) is 25.4 Å². The molecule has 1 saturated heterocycles. The lowest BCUT2D eigenvalue weighted by Gasteiger charge is -2.13. The Morgan fingerprint density at radius 1 is 1.23 bits per heavy atom. The quantitative estimate of drug-likeness (QED) is 0.471. The Morgan fingerprint density at radius 2 is 1.97 bits per heavy atom. The molecule has 0 saturated carbocycles. The van der Waals surface area contributed by atoms with Gasteiger partial charge in [0.15, 0.2) is 11.2 Å². The van der Waals surface area contributed by atoms with Gasteiger partial charge in [0.25, 0.3) is 11.2 Å². The largest absolute Gasteiger partial charge is 0.376 e. The number of nitro groups is 1. The fraction of sp³-hybridized carbons (Fsp3) is 0.421. The molecule has 1 atom stereocenters. The third-order valence-electron chi connectivity index (χ3n) is 5.35. The molecule has 1 aliphatic heterocycles. The maximum Gasteiger partial charge on any atom is 0.332 e. The Morgan fingerprint density at radius 3 is 2.60 bits per heavy atom. The third-order valence-corrected chi connectivity index (χ3v) is 5.35. The van der Waals surface area contributed by atoms with E-state index in [0.717, 1.165) is 29.6 Å². The van der Waals surface area contributed by atoms with Crippen molar-refractivity contribution in [2.75, 3.05) is 18.5 Å². The molecule has 0 unspecified atom stereocenters. The Labute approximate surface area is 170 Å². The molecule has 3 aromatic rings. The van der Waals surface area contributed by atoms with Crippen molar-refractivity contribution in [2.45, 2.75) is 25.5 Å². The average molecular weight is 414 g/mol. The number of hydrogen-bond acceptors (Lipinski definition) is 7. The van der Waals surface area contributed by atoms with Gasteiger partial charge in [-0.15, -0.1) is 0 Å². The summed E-state index contributed by atoms with van der Waals surface area (Å²) in [6.07, 6.45) is 2.00. The van der Waals surface area contributed by atoms with Crippen molar-refractivity contribution in [2.24, 2.45) is 14.1 Å². The zero-order chi connectivity index (χ0) is 21.4. The normalized spacial score (nSPS) is 16.3. The van der Waals surface area contributed by atoms with Gasteiger partial charge in [0, 0.05) is 39.4 Å². The maximum absolute atomic E-state index is 12.9. The molecule has 1 fully saturated rings. The number of nitrogens with zero attached hydrogens (tertiary/aromatic N) is 5. The highest BCUT2D eigenvalue weighted by Crippen LogP contribution is 2.20. The Balaban J connectivity index is 1.79. The maximum atomic E-state index is 12.9. The summed E-state index contributed by atoms with van der Waals surface area (Å²) in [5, 5.41) is 14.2. The van der Waals surface area contributed by atoms with Crippen LogP contribution in [0.5, 0.6) is 0 Å². The molecule has 2 aromatic heterocycles. The number of fused-ring (bicyclic) bond motifs is 1. The molecule has 0 radical (unpaired) electrons. The lowest BCUT2D eigenvalue weighted by molar-refractivity contribution is -0.384. The monoisotopic (exact) mass is 414 g/mol. The number of nitro benzene ring substituents is 1. The number of aryl methyl sites for hydroxylation is 1. The summed E-state index contributed by atoms with van der Waals surface area (Å²) >= 11 is 0. The summed E-state index contributed by atoms with van der Waals surface area (Å²) < 4.78 is 9.72. The molecule has 4 rings (SSSR count). The summed E-state index contributed by atoms with van der Waals surface area (Å²) in [5.74, 6) is 0.442. The van der Waals surface area contributed by atoms with Crippen molar-refractivity contribution in [3.05, 3.63) is 60.8 Å². The minimum absolute atomic E-state index is 0.00993. The van der Waals surface area contributed by atoms with E-state index in [1.54, 1.807) is 23.7 Å². The van der Waals surface area contributed by atoms with Gasteiger partial charge in [-0.2, -0.15) is 4.98 Å². The Kier molecular flexibility index (Phi) is 5.12. The molecule has 11 heteroatoms. The molecule has 0 bridgehead atoms. The van der Waals surface area contributed by atoms with Crippen LogP contribution in [-0.4, -0.2) is 42.9 Å². The van der Waals surface area contributed by atoms with E-state index in [1.165, 1.54) is 23.7 Å². The van der Waals surface area contributed by atoms with E-state index in [-0.39, 0.29) is 29.5 Å². The van der Waals surface area contributed by atoms with Crippen molar-refractivity contribution in [1.82, 2.24) is 18.7 Å². The van der Waals surface area contributed by atoms with Gasteiger partial charge in [-0.1, -0.05) is 12.1 Å². The van der Waals surface area contributed by atoms with Crippen LogP contribution in [0.15, 0.2) is 33.9 Å². The van der Waals surface area contributed by atoms with Crippen LogP contribution in [0.4, 0.5) is 11.6 Å². The second-order valence-corrected chi connectivity index (χ2v) is 7.34. The van der Waals surface area contributed by atoms with Gasteiger partial charge in [0.05, 0.1) is 17.6 Å². The summed E-state index contributed by atoms with van der Waals surface area (Å²) in [6, 6.07) is 6.12. The molecule has 0 amide bonds. The SMILES string of the molecule is Cn1c(=O)c2c(nc(NC[C@H]3CCCO3)n2Cc2ccc([N+](=O)[O-])cc2)n(C)c1=O. The smallest absolute Gasteiger partial charge is 0.332 e. The number of benzene rings is 1. The molecule has 158 valence electrons. The Bertz CT molecular complexity index is 1220. The number of imidazole rings is 1. The van der Waals surface area contributed by atoms with Crippen LogP contribution in [0, 0.1) is 10.1 Å². The molecule has 11 nitrogen and oxygen atoms in total. The summed E-state index contributed by atoms with van der Waals surface area (Å²) in [6.45, 7) is 1.51. The predicted molar refractivity (Wildman–Crippen MR) is 110 cm³/mol.